The van der Waals surface area contributed by atoms with Crippen LogP contribution in [0.5, 0.6) is 17.2 Å². The lowest BCUT2D eigenvalue weighted by atomic mass is 10.1. The Labute approximate surface area is 178 Å². The summed E-state index contributed by atoms with van der Waals surface area (Å²) in [6, 6.07) is 23.2. The van der Waals surface area contributed by atoms with Gasteiger partial charge in [0.2, 0.25) is 5.13 Å². The van der Waals surface area contributed by atoms with E-state index in [2.05, 4.69) is 17.1 Å². The fraction of sp³-hybridized carbons (Fsp3) is 0.0833. The first-order chi connectivity index (χ1) is 14.7. The summed E-state index contributed by atoms with van der Waals surface area (Å²) in [5, 5.41) is 10.9. The van der Waals surface area contributed by atoms with Crippen LogP contribution >= 0.6 is 11.3 Å². The van der Waals surface area contributed by atoms with Crippen LogP contribution in [0, 0.1) is 0 Å². The minimum atomic E-state index is 0.0546. The number of aliphatic imine (C=N–C) groups is 1. The van der Waals surface area contributed by atoms with Crippen LogP contribution in [-0.4, -0.2) is 30.5 Å². The number of thiazole rings is 1. The monoisotopic (exact) mass is 416 g/mol. The summed E-state index contributed by atoms with van der Waals surface area (Å²) >= 11 is 1.50. The highest BCUT2D eigenvalue weighted by Gasteiger charge is 2.15. The first-order valence-electron chi connectivity index (χ1n) is 9.30. The van der Waals surface area contributed by atoms with Crippen LogP contribution in [0.4, 0.5) is 5.13 Å². The molecule has 0 saturated carbocycles. The highest BCUT2D eigenvalue weighted by Crippen LogP contribution is 2.40. The number of nitrogens with zero attached hydrogens (tertiary/aromatic N) is 2. The topological polar surface area (TPSA) is 63.9 Å². The van der Waals surface area contributed by atoms with Crippen molar-refractivity contribution in [1.82, 2.24) is 4.98 Å². The van der Waals surface area contributed by atoms with Gasteiger partial charge in [-0.1, -0.05) is 47.7 Å². The smallest absolute Gasteiger partial charge is 0.210 e. The number of para-hydroxylation sites is 1. The number of methoxy groups -OCH3 is 2. The maximum absolute atomic E-state index is 10.3. The minimum absolute atomic E-state index is 0.0546. The van der Waals surface area contributed by atoms with E-state index < -0.39 is 0 Å². The number of ether oxygens (including phenoxy) is 2. The first-order valence-corrected chi connectivity index (χ1v) is 10.1. The highest BCUT2D eigenvalue weighted by molar-refractivity contribution is 7.19. The van der Waals surface area contributed by atoms with Crippen LogP contribution in [0.2, 0.25) is 0 Å². The molecular formula is C24H20N2O3S. The molecule has 1 N–H and O–H groups in total. The minimum Gasteiger partial charge on any atom is -0.504 e. The zero-order valence-corrected chi connectivity index (χ0v) is 17.4. The van der Waals surface area contributed by atoms with Crippen molar-refractivity contribution in [3.05, 3.63) is 78.4 Å². The van der Waals surface area contributed by atoms with Gasteiger partial charge < -0.3 is 14.6 Å². The molecule has 4 rings (SSSR count). The van der Waals surface area contributed by atoms with Crippen LogP contribution < -0.4 is 9.47 Å². The lowest BCUT2D eigenvalue weighted by molar-refractivity contribution is 0.373. The van der Waals surface area contributed by atoms with Crippen molar-refractivity contribution >= 4 is 22.7 Å². The third kappa shape index (κ3) is 4.04. The number of aromatic hydroxyl groups is 1. The molecule has 0 fully saturated rings. The van der Waals surface area contributed by atoms with Crippen molar-refractivity contribution in [3.8, 4) is 38.9 Å². The molecule has 0 amide bonds. The molecule has 1 aromatic heterocycles. The van der Waals surface area contributed by atoms with Crippen molar-refractivity contribution in [1.29, 1.82) is 0 Å². The van der Waals surface area contributed by atoms with Crippen molar-refractivity contribution in [2.75, 3.05) is 14.2 Å². The molecule has 0 aliphatic heterocycles. The molecule has 4 aromatic rings. The Bertz CT molecular complexity index is 1170. The zero-order valence-electron chi connectivity index (χ0n) is 16.6. The fourth-order valence-corrected chi connectivity index (χ4v) is 3.97. The molecule has 0 aliphatic rings. The van der Waals surface area contributed by atoms with Gasteiger partial charge in [-0.3, -0.25) is 0 Å². The summed E-state index contributed by atoms with van der Waals surface area (Å²) in [6.07, 6.45) is 1.60. The average molecular weight is 417 g/mol. The summed E-state index contributed by atoms with van der Waals surface area (Å²) in [5.74, 6) is 1.25. The first kappa shape index (κ1) is 19.7. The molecule has 0 saturated heterocycles. The average Bonchev–Trinajstić information content (AvgIpc) is 3.23. The van der Waals surface area contributed by atoms with E-state index in [1.165, 1.54) is 18.4 Å². The van der Waals surface area contributed by atoms with E-state index in [0.29, 0.717) is 16.4 Å². The van der Waals surface area contributed by atoms with E-state index in [-0.39, 0.29) is 5.75 Å². The number of hydrogen-bond donors (Lipinski definition) is 1. The van der Waals surface area contributed by atoms with Gasteiger partial charge in [-0.25, -0.2) is 9.98 Å². The summed E-state index contributed by atoms with van der Waals surface area (Å²) in [4.78, 5) is 10.3. The van der Waals surface area contributed by atoms with Crippen LogP contribution in [0.3, 0.4) is 0 Å². The maximum atomic E-state index is 10.3. The van der Waals surface area contributed by atoms with Gasteiger partial charge in [0.15, 0.2) is 11.5 Å². The summed E-state index contributed by atoms with van der Waals surface area (Å²) in [7, 11) is 3.16. The molecule has 0 aliphatic carbocycles. The van der Waals surface area contributed by atoms with Crippen molar-refractivity contribution < 1.29 is 14.6 Å². The van der Waals surface area contributed by atoms with Gasteiger partial charge in [0.05, 0.1) is 24.8 Å². The number of phenols is 1. The molecule has 1 heterocycles. The van der Waals surface area contributed by atoms with E-state index in [1.54, 1.807) is 31.5 Å². The number of phenolic OH excluding ortho intramolecular Hbond substituents is 1. The molecule has 0 radical (unpaired) electrons. The number of rotatable bonds is 6. The molecule has 5 nitrogen and oxygen atoms in total. The maximum Gasteiger partial charge on any atom is 0.210 e. The SMILES string of the molecule is COc1ccc(-c2nc(N=Cc3cccc(OC)c3O)sc2-c2ccccc2)cc1. The lowest BCUT2D eigenvalue weighted by Gasteiger charge is -2.04. The predicted octanol–water partition coefficient (Wildman–Crippen LogP) is 5.95. The van der Waals surface area contributed by atoms with Crippen molar-refractivity contribution in [2.45, 2.75) is 0 Å². The molecule has 150 valence electrons. The van der Waals surface area contributed by atoms with E-state index >= 15 is 0 Å². The van der Waals surface area contributed by atoms with E-state index in [1.807, 2.05) is 42.5 Å². The van der Waals surface area contributed by atoms with Crippen LogP contribution in [0.25, 0.3) is 21.7 Å². The third-order valence-electron chi connectivity index (χ3n) is 4.58. The van der Waals surface area contributed by atoms with E-state index in [9.17, 15) is 5.11 Å². The molecule has 30 heavy (non-hydrogen) atoms. The molecular weight excluding hydrogens is 396 g/mol. The third-order valence-corrected chi connectivity index (χ3v) is 5.59. The Kier molecular flexibility index (Phi) is 5.77. The van der Waals surface area contributed by atoms with E-state index in [0.717, 1.165) is 27.4 Å². The molecule has 0 unspecified atom stereocenters. The molecule has 0 bridgehead atoms. The second-order valence-corrected chi connectivity index (χ2v) is 7.40. The fourth-order valence-electron chi connectivity index (χ4n) is 3.03. The summed E-state index contributed by atoms with van der Waals surface area (Å²) in [6.45, 7) is 0. The van der Waals surface area contributed by atoms with Gasteiger partial charge in [-0.15, -0.1) is 0 Å². The largest absolute Gasteiger partial charge is 0.504 e. The van der Waals surface area contributed by atoms with Gasteiger partial charge in [0.25, 0.3) is 0 Å². The molecule has 0 atom stereocenters. The second kappa shape index (κ2) is 8.80. The highest BCUT2D eigenvalue weighted by atomic mass is 32.1. The second-order valence-electron chi connectivity index (χ2n) is 6.43. The Balaban J connectivity index is 1.75. The van der Waals surface area contributed by atoms with Crippen molar-refractivity contribution in [3.63, 3.8) is 0 Å². The van der Waals surface area contributed by atoms with Crippen molar-refractivity contribution in [2.24, 2.45) is 4.99 Å². The summed E-state index contributed by atoms with van der Waals surface area (Å²) in [5.41, 5.74) is 3.48. The van der Waals surface area contributed by atoms with Gasteiger partial charge in [0.1, 0.15) is 5.75 Å². The van der Waals surface area contributed by atoms with Gasteiger partial charge in [-0.05, 0) is 42.0 Å². The van der Waals surface area contributed by atoms with Crippen LogP contribution in [-0.2, 0) is 0 Å². The predicted molar refractivity (Wildman–Crippen MR) is 121 cm³/mol. The molecule has 6 heteroatoms. The lowest BCUT2D eigenvalue weighted by Crippen LogP contribution is -1.88. The van der Waals surface area contributed by atoms with Gasteiger partial charge in [-0.2, -0.15) is 0 Å². The van der Waals surface area contributed by atoms with Gasteiger partial charge in [0, 0.05) is 17.3 Å². The van der Waals surface area contributed by atoms with Crippen LogP contribution in [0.1, 0.15) is 5.56 Å². The number of aromatic nitrogens is 1. The standard InChI is InChI=1S/C24H20N2O3S/c1-28-19-13-11-16(12-14-19)21-23(17-7-4-3-5-8-17)30-24(26-21)25-15-18-9-6-10-20(29-2)22(18)27/h3-15,27H,1-2H3. The molecule has 0 spiro atoms. The molecule has 3 aromatic carbocycles. The Morgan fingerprint density at radius 3 is 2.33 bits per heavy atom. The number of hydrogen-bond acceptors (Lipinski definition) is 6. The number of benzene rings is 3. The Morgan fingerprint density at radius 2 is 1.63 bits per heavy atom. The zero-order chi connectivity index (χ0) is 20.9. The Morgan fingerprint density at radius 1 is 0.867 bits per heavy atom. The van der Waals surface area contributed by atoms with Gasteiger partial charge >= 0.3 is 0 Å². The van der Waals surface area contributed by atoms with E-state index in [4.69, 9.17) is 14.5 Å². The quantitative estimate of drug-likeness (QED) is 0.395. The van der Waals surface area contributed by atoms with Crippen LogP contribution in [0.15, 0.2) is 77.8 Å². The Hall–Kier alpha value is -3.64. The summed E-state index contributed by atoms with van der Waals surface area (Å²) < 4.78 is 10.4. The normalized spacial score (nSPS) is 11.0.